The van der Waals surface area contributed by atoms with Gasteiger partial charge in [-0.05, 0) is 56.1 Å². The predicted octanol–water partition coefficient (Wildman–Crippen LogP) is 2.18. The molecule has 2 aromatic carbocycles. The van der Waals surface area contributed by atoms with Crippen LogP contribution in [0.4, 0.5) is 15.8 Å². The number of hydrazine groups is 2. The zero-order valence-electron chi connectivity index (χ0n) is 21.8. The zero-order chi connectivity index (χ0) is 25.5. The molecule has 9 heteroatoms. The average Bonchev–Trinajstić information content (AvgIpc) is 3.32. The number of amides is 1. The van der Waals surface area contributed by atoms with Crippen molar-refractivity contribution >= 4 is 17.3 Å². The molecule has 0 aliphatic carbocycles. The van der Waals surface area contributed by atoms with Crippen LogP contribution in [0.1, 0.15) is 36.4 Å². The SMILES string of the molecule is Cc1cccc(F)c1N1NC2C(CC1=O)NNC2c1ccc(N2CCC(N3CCN(C)CC3)CC2)cc1. The Bertz CT molecular complexity index is 1090. The highest BCUT2D eigenvalue weighted by Crippen LogP contribution is 2.33. The van der Waals surface area contributed by atoms with Gasteiger partial charge in [-0.15, -0.1) is 0 Å². The Balaban J connectivity index is 1.11. The van der Waals surface area contributed by atoms with Gasteiger partial charge in [0.2, 0.25) is 5.91 Å². The third-order valence-electron chi connectivity index (χ3n) is 8.69. The standard InChI is InChI=1S/C28H38FN7O/c1-19-4-3-5-23(29)28(19)36-25(37)18-24-27(32-36)26(31-30-24)20-6-8-21(9-7-20)34-12-10-22(11-13-34)35-16-14-33(2)15-17-35/h3-9,22,24,26-27,30-32H,10-18H2,1-2H3. The second kappa shape index (κ2) is 10.3. The van der Waals surface area contributed by atoms with Crippen LogP contribution in [0.5, 0.6) is 0 Å². The van der Waals surface area contributed by atoms with E-state index < -0.39 is 5.82 Å². The number of likely N-dealkylation sites (N-methyl/N-ethyl adjacent to an activating group) is 1. The summed E-state index contributed by atoms with van der Waals surface area (Å²) in [6, 6.07) is 14.2. The van der Waals surface area contributed by atoms with E-state index >= 15 is 0 Å². The number of carbonyl (C=O) groups excluding carboxylic acids is 1. The van der Waals surface area contributed by atoms with Crippen LogP contribution in [0, 0.1) is 12.7 Å². The normalized spacial score (nSPS) is 28.1. The summed E-state index contributed by atoms with van der Waals surface area (Å²) < 4.78 is 14.7. The third-order valence-corrected chi connectivity index (χ3v) is 8.69. The first-order valence-corrected chi connectivity index (χ1v) is 13.6. The number of hydrogen-bond donors (Lipinski definition) is 3. The molecular formula is C28H38FN7O. The van der Waals surface area contributed by atoms with E-state index in [9.17, 15) is 9.18 Å². The van der Waals surface area contributed by atoms with Crippen molar-refractivity contribution in [1.29, 1.82) is 0 Å². The van der Waals surface area contributed by atoms with Crippen LogP contribution in [0.25, 0.3) is 0 Å². The first-order valence-electron chi connectivity index (χ1n) is 13.6. The number of rotatable bonds is 4. The number of carbonyl (C=O) groups is 1. The number of piperazine rings is 1. The quantitative estimate of drug-likeness (QED) is 0.586. The molecule has 0 aromatic heterocycles. The maximum Gasteiger partial charge on any atom is 0.243 e. The van der Waals surface area contributed by atoms with Gasteiger partial charge in [-0.25, -0.2) is 20.3 Å². The summed E-state index contributed by atoms with van der Waals surface area (Å²) in [5, 5.41) is 1.41. The van der Waals surface area contributed by atoms with E-state index in [2.05, 4.69) is 62.3 Å². The number of fused-ring (bicyclic) bond motifs is 1. The van der Waals surface area contributed by atoms with Gasteiger partial charge in [0.15, 0.2) is 0 Å². The van der Waals surface area contributed by atoms with E-state index in [1.807, 2.05) is 13.0 Å². The molecule has 3 atom stereocenters. The molecule has 198 valence electrons. The highest BCUT2D eigenvalue weighted by Gasteiger charge is 2.44. The van der Waals surface area contributed by atoms with Crippen molar-refractivity contribution in [1.82, 2.24) is 26.1 Å². The highest BCUT2D eigenvalue weighted by molar-refractivity contribution is 5.94. The van der Waals surface area contributed by atoms with Crippen LogP contribution < -0.4 is 26.2 Å². The fraction of sp³-hybridized carbons (Fsp3) is 0.536. The van der Waals surface area contributed by atoms with E-state index in [0.717, 1.165) is 24.2 Å². The molecule has 0 saturated carbocycles. The number of aryl methyl sites for hydroxylation is 1. The molecule has 3 unspecified atom stereocenters. The molecule has 8 nitrogen and oxygen atoms in total. The average molecular weight is 508 g/mol. The van der Waals surface area contributed by atoms with Crippen LogP contribution in [0.15, 0.2) is 42.5 Å². The largest absolute Gasteiger partial charge is 0.371 e. The van der Waals surface area contributed by atoms with Crippen LogP contribution in [0.2, 0.25) is 0 Å². The molecule has 4 aliphatic rings. The summed E-state index contributed by atoms with van der Waals surface area (Å²) >= 11 is 0. The first kappa shape index (κ1) is 24.8. The van der Waals surface area contributed by atoms with Crippen molar-refractivity contribution in [3.05, 3.63) is 59.4 Å². The fourth-order valence-corrected chi connectivity index (χ4v) is 6.41. The summed E-state index contributed by atoms with van der Waals surface area (Å²) in [6.45, 7) is 8.73. The minimum atomic E-state index is -0.393. The molecule has 4 saturated heterocycles. The fourth-order valence-electron chi connectivity index (χ4n) is 6.41. The van der Waals surface area contributed by atoms with Gasteiger partial charge in [0, 0.05) is 63.5 Å². The van der Waals surface area contributed by atoms with Crippen LogP contribution in [-0.4, -0.2) is 80.1 Å². The van der Waals surface area contributed by atoms with Gasteiger partial charge in [-0.2, -0.15) is 0 Å². The van der Waals surface area contributed by atoms with E-state index in [0.29, 0.717) is 18.2 Å². The molecule has 0 bridgehead atoms. The molecule has 3 N–H and O–H groups in total. The molecule has 1 amide bonds. The smallest absolute Gasteiger partial charge is 0.243 e. The number of hydrogen-bond acceptors (Lipinski definition) is 7. The Morgan fingerprint density at radius 2 is 1.65 bits per heavy atom. The number of benzene rings is 2. The van der Waals surface area contributed by atoms with Crippen molar-refractivity contribution in [2.75, 3.05) is 56.2 Å². The van der Waals surface area contributed by atoms with Crippen molar-refractivity contribution in [3.8, 4) is 0 Å². The molecule has 0 spiro atoms. The molecule has 0 radical (unpaired) electrons. The Kier molecular flexibility index (Phi) is 6.89. The summed E-state index contributed by atoms with van der Waals surface area (Å²) in [6.07, 6.45) is 2.73. The molecule has 37 heavy (non-hydrogen) atoms. The maximum atomic E-state index is 14.7. The molecule has 4 fully saturated rings. The van der Waals surface area contributed by atoms with Crippen molar-refractivity contribution in [2.45, 2.75) is 50.4 Å². The number of nitrogens with one attached hydrogen (secondary N) is 3. The second-order valence-electron chi connectivity index (χ2n) is 11.0. The molecule has 4 aliphatic heterocycles. The Morgan fingerprint density at radius 3 is 2.35 bits per heavy atom. The summed E-state index contributed by atoms with van der Waals surface area (Å²) in [5.41, 5.74) is 13.4. The van der Waals surface area contributed by atoms with E-state index in [1.54, 1.807) is 6.07 Å². The van der Waals surface area contributed by atoms with Crippen molar-refractivity contribution in [3.63, 3.8) is 0 Å². The summed E-state index contributed by atoms with van der Waals surface area (Å²) in [5.74, 6) is -0.532. The lowest BCUT2D eigenvalue weighted by molar-refractivity contribution is -0.121. The van der Waals surface area contributed by atoms with Gasteiger partial charge < -0.3 is 9.80 Å². The molecular weight excluding hydrogens is 469 g/mol. The second-order valence-corrected chi connectivity index (χ2v) is 11.0. The summed E-state index contributed by atoms with van der Waals surface area (Å²) in [4.78, 5) is 20.5. The van der Waals surface area contributed by atoms with Gasteiger partial charge in [-0.1, -0.05) is 24.3 Å². The van der Waals surface area contributed by atoms with Gasteiger partial charge >= 0.3 is 0 Å². The minimum absolute atomic E-state index is 0.0373. The predicted molar refractivity (Wildman–Crippen MR) is 144 cm³/mol. The Hall–Kier alpha value is -2.56. The first-order chi connectivity index (χ1) is 18.0. The lowest BCUT2D eigenvalue weighted by atomic mass is 9.93. The van der Waals surface area contributed by atoms with Crippen molar-refractivity contribution < 1.29 is 9.18 Å². The Morgan fingerprint density at radius 1 is 0.919 bits per heavy atom. The van der Waals surface area contributed by atoms with Gasteiger partial charge in [0.25, 0.3) is 0 Å². The summed E-state index contributed by atoms with van der Waals surface area (Å²) in [7, 11) is 2.21. The zero-order valence-corrected chi connectivity index (χ0v) is 21.8. The lowest BCUT2D eigenvalue weighted by Crippen LogP contribution is -2.60. The van der Waals surface area contributed by atoms with Gasteiger partial charge in [0.05, 0.1) is 17.8 Å². The van der Waals surface area contributed by atoms with Crippen LogP contribution >= 0.6 is 0 Å². The maximum absolute atomic E-state index is 14.7. The number of para-hydroxylation sites is 1. The molecule has 2 aromatic rings. The monoisotopic (exact) mass is 507 g/mol. The number of piperidine rings is 1. The number of halogens is 1. The van der Waals surface area contributed by atoms with Crippen molar-refractivity contribution in [2.24, 2.45) is 0 Å². The van der Waals surface area contributed by atoms with Gasteiger partial charge in [-0.3, -0.25) is 15.1 Å². The molecule has 6 rings (SSSR count). The highest BCUT2D eigenvalue weighted by atomic mass is 19.1. The van der Waals surface area contributed by atoms with Crippen LogP contribution in [0.3, 0.4) is 0 Å². The molecule has 4 heterocycles. The van der Waals surface area contributed by atoms with E-state index in [1.165, 1.54) is 55.8 Å². The van der Waals surface area contributed by atoms with E-state index in [4.69, 9.17) is 0 Å². The lowest BCUT2D eigenvalue weighted by Gasteiger charge is -2.42. The number of anilines is 2. The topological polar surface area (TPSA) is 66.1 Å². The number of nitrogens with zero attached hydrogens (tertiary/aromatic N) is 4. The minimum Gasteiger partial charge on any atom is -0.371 e. The Labute approximate surface area is 218 Å². The van der Waals surface area contributed by atoms with Gasteiger partial charge in [0.1, 0.15) is 5.82 Å². The van der Waals surface area contributed by atoms with E-state index in [-0.39, 0.29) is 24.0 Å². The third kappa shape index (κ3) is 4.86. The van der Waals surface area contributed by atoms with Crippen LogP contribution in [-0.2, 0) is 4.79 Å².